The maximum atomic E-state index is 14.3. The van der Waals surface area contributed by atoms with E-state index in [1.54, 1.807) is 24.4 Å². The van der Waals surface area contributed by atoms with Crippen molar-refractivity contribution in [2.24, 2.45) is 5.10 Å². The number of aryl methyl sites for hydroxylation is 1. The topological polar surface area (TPSA) is 63.6 Å². The lowest BCUT2D eigenvalue weighted by molar-refractivity contribution is 0.157. The van der Waals surface area contributed by atoms with E-state index in [0.29, 0.717) is 16.8 Å². The van der Waals surface area contributed by atoms with Crippen molar-refractivity contribution in [1.29, 1.82) is 0 Å². The summed E-state index contributed by atoms with van der Waals surface area (Å²) in [5.74, 6) is -0.363. The van der Waals surface area contributed by atoms with Gasteiger partial charge in [-0.05, 0) is 30.7 Å². The first-order valence-corrected chi connectivity index (χ1v) is 6.36. The fourth-order valence-corrected chi connectivity index (χ4v) is 2.10. The second kappa shape index (κ2) is 5.32. The predicted molar refractivity (Wildman–Crippen MR) is 75.4 cm³/mol. The van der Waals surface area contributed by atoms with E-state index in [2.05, 4.69) is 15.5 Å². The first-order chi connectivity index (χ1) is 10.1. The second-order valence-electron chi connectivity index (χ2n) is 4.63. The van der Waals surface area contributed by atoms with Gasteiger partial charge in [0, 0.05) is 23.0 Å². The number of carbonyl (C=O) groups is 1. The number of cyclic esters (lactones) is 1. The van der Waals surface area contributed by atoms with Gasteiger partial charge in [0.25, 0.3) is 0 Å². The van der Waals surface area contributed by atoms with Crippen LogP contribution in [0, 0.1) is 12.7 Å². The summed E-state index contributed by atoms with van der Waals surface area (Å²) in [5.41, 5.74) is 5.33. The molecule has 21 heavy (non-hydrogen) atoms. The number of pyridine rings is 1. The third-order valence-electron chi connectivity index (χ3n) is 3.13. The number of hydrazone groups is 1. The van der Waals surface area contributed by atoms with E-state index in [1.165, 1.54) is 6.07 Å². The van der Waals surface area contributed by atoms with Crippen LogP contribution in [-0.2, 0) is 4.74 Å². The molecule has 0 saturated heterocycles. The summed E-state index contributed by atoms with van der Waals surface area (Å²) in [6.45, 7) is 1.88. The van der Waals surface area contributed by atoms with Crippen LogP contribution in [0.2, 0.25) is 0 Å². The van der Waals surface area contributed by atoms with Crippen molar-refractivity contribution >= 4 is 11.8 Å². The Kier molecular flexibility index (Phi) is 3.35. The Morgan fingerprint density at radius 3 is 2.76 bits per heavy atom. The van der Waals surface area contributed by atoms with Crippen molar-refractivity contribution in [3.63, 3.8) is 0 Å². The maximum Gasteiger partial charge on any atom is 0.428 e. The Morgan fingerprint density at radius 2 is 2.10 bits per heavy atom. The third kappa shape index (κ3) is 2.74. The molecule has 1 aliphatic heterocycles. The first-order valence-electron chi connectivity index (χ1n) is 6.36. The van der Waals surface area contributed by atoms with Gasteiger partial charge < -0.3 is 4.74 Å². The summed E-state index contributed by atoms with van der Waals surface area (Å²) in [5, 5.41) is 3.85. The average molecular weight is 285 g/mol. The number of hydrogen-bond donors (Lipinski definition) is 1. The molecule has 0 aliphatic carbocycles. The fraction of sp³-hybridized carbons (Fsp3) is 0.133. The summed E-state index contributed by atoms with van der Waals surface area (Å²) in [7, 11) is 0. The van der Waals surface area contributed by atoms with Crippen molar-refractivity contribution in [2.45, 2.75) is 6.92 Å². The zero-order chi connectivity index (χ0) is 14.8. The maximum absolute atomic E-state index is 14.3. The van der Waals surface area contributed by atoms with Gasteiger partial charge in [-0.1, -0.05) is 12.1 Å². The molecule has 5 nitrogen and oxygen atoms in total. The summed E-state index contributed by atoms with van der Waals surface area (Å²) >= 11 is 0. The molecule has 2 aromatic rings. The molecule has 1 N–H and O–H groups in total. The largest absolute Gasteiger partial charge is 0.442 e. The average Bonchev–Trinajstić information content (AvgIpc) is 2.48. The molecule has 0 bridgehead atoms. The number of aromatic nitrogens is 1. The monoisotopic (exact) mass is 285 g/mol. The first kappa shape index (κ1) is 13.2. The third-order valence-corrected chi connectivity index (χ3v) is 3.13. The molecule has 0 atom stereocenters. The van der Waals surface area contributed by atoms with E-state index in [1.807, 2.05) is 13.0 Å². The standard InChI is InChI=1S/C15H12FN3O2/c1-9-6-10(4-5-17-9)12-3-2-11(7-13(12)16)14-8-21-15(20)19-18-14/h2-7H,8H2,1H3,(H,19,20). The number of nitrogens with one attached hydrogen (secondary N) is 1. The smallest absolute Gasteiger partial charge is 0.428 e. The zero-order valence-corrected chi connectivity index (χ0v) is 11.3. The molecule has 0 saturated carbocycles. The molecule has 0 unspecified atom stereocenters. The summed E-state index contributed by atoms with van der Waals surface area (Å²) in [6.07, 6.45) is 1.04. The molecule has 2 heterocycles. The van der Waals surface area contributed by atoms with Crippen LogP contribution in [0.4, 0.5) is 9.18 Å². The van der Waals surface area contributed by atoms with Gasteiger partial charge in [0.1, 0.15) is 18.1 Å². The molecule has 3 rings (SSSR count). The van der Waals surface area contributed by atoms with Gasteiger partial charge in [-0.3, -0.25) is 4.98 Å². The minimum atomic E-state index is -0.608. The Morgan fingerprint density at radius 1 is 1.24 bits per heavy atom. The van der Waals surface area contributed by atoms with Gasteiger partial charge in [-0.25, -0.2) is 14.6 Å². The van der Waals surface area contributed by atoms with Crippen molar-refractivity contribution in [3.05, 3.63) is 53.6 Å². The molecule has 6 heteroatoms. The lowest BCUT2D eigenvalue weighted by atomic mass is 10.0. The molecule has 1 amide bonds. The Bertz CT molecular complexity index is 743. The lowest BCUT2D eigenvalue weighted by Gasteiger charge is -2.14. The van der Waals surface area contributed by atoms with Gasteiger partial charge in [-0.2, -0.15) is 5.10 Å². The molecule has 0 radical (unpaired) electrons. The van der Waals surface area contributed by atoms with Gasteiger partial charge in [0.2, 0.25) is 0 Å². The van der Waals surface area contributed by atoms with Gasteiger partial charge in [-0.15, -0.1) is 0 Å². The number of benzene rings is 1. The van der Waals surface area contributed by atoms with E-state index in [-0.39, 0.29) is 12.4 Å². The van der Waals surface area contributed by atoms with E-state index in [4.69, 9.17) is 4.74 Å². The molecular formula is C15H12FN3O2. The van der Waals surface area contributed by atoms with E-state index in [9.17, 15) is 9.18 Å². The van der Waals surface area contributed by atoms with E-state index >= 15 is 0 Å². The highest BCUT2D eigenvalue weighted by molar-refractivity contribution is 6.03. The second-order valence-corrected chi connectivity index (χ2v) is 4.63. The highest BCUT2D eigenvalue weighted by Crippen LogP contribution is 2.24. The van der Waals surface area contributed by atoms with E-state index in [0.717, 1.165) is 11.3 Å². The van der Waals surface area contributed by atoms with Crippen LogP contribution in [0.5, 0.6) is 0 Å². The normalized spacial score (nSPS) is 14.2. The molecule has 1 aromatic heterocycles. The van der Waals surface area contributed by atoms with Crippen LogP contribution < -0.4 is 5.43 Å². The molecule has 106 valence electrons. The SMILES string of the molecule is Cc1cc(-c2ccc(C3=NNC(=O)OC3)cc2F)ccn1. The molecule has 0 fully saturated rings. The number of ether oxygens (including phenoxy) is 1. The number of halogens is 1. The van der Waals surface area contributed by atoms with Crippen molar-refractivity contribution in [1.82, 2.24) is 10.4 Å². The molecule has 0 spiro atoms. The Labute approximate surface area is 120 Å². The quantitative estimate of drug-likeness (QED) is 0.922. The van der Waals surface area contributed by atoms with Crippen LogP contribution in [-0.4, -0.2) is 23.4 Å². The van der Waals surface area contributed by atoms with Crippen LogP contribution >= 0.6 is 0 Å². The summed E-state index contributed by atoms with van der Waals surface area (Å²) in [4.78, 5) is 15.0. The Hall–Kier alpha value is -2.76. The number of hydrogen-bond acceptors (Lipinski definition) is 4. The lowest BCUT2D eigenvalue weighted by Crippen LogP contribution is -2.30. The Balaban J connectivity index is 1.95. The molecule has 1 aliphatic rings. The fourth-order valence-electron chi connectivity index (χ4n) is 2.10. The summed E-state index contributed by atoms with van der Waals surface area (Å²) in [6, 6.07) is 8.38. The molecule has 1 aromatic carbocycles. The van der Waals surface area contributed by atoms with Crippen LogP contribution in [0.1, 0.15) is 11.3 Å². The minimum Gasteiger partial charge on any atom is -0.442 e. The number of carbonyl (C=O) groups excluding carboxylic acids is 1. The molecular weight excluding hydrogens is 273 g/mol. The van der Waals surface area contributed by atoms with E-state index < -0.39 is 6.09 Å². The van der Waals surface area contributed by atoms with Crippen LogP contribution in [0.15, 0.2) is 41.6 Å². The highest BCUT2D eigenvalue weighted by Gasteiger charge is 2.16. The summed E-state index contributed by atoms with van der Waals surface area (Å²) < 4.78 is 19.1. The predicted octanol–water partition coefficient (Wildman–Crippen LogP) is 2.64. The zero-order valence-electron chi connectivity index (χ0n) is 11.3. The van der Waals surface area contributed by atoms with Crippen LogP contribution in [0.25, 0.3) is 11.1 Å². The van der Waals surface area contributed by atoms with Gasteiger partial charge in [0.15, 0.2) is 0 Å². The van der Waals surface area contributed by atoms with Crippen molar-refractivity contribution in [3.8, 4) is 11.1 Å². The highest BCUT2D eigenvalue weighted by atomic mass is 19.1. The van der Waals surface area contributed by atoms with Crippen molar-refractivity contribution in [2.75, 3.05) is 6.61 Å². The number of nitrogens with zero attached hydrogens (tertiary/aromatic N) is 2. The minimum absolute atomic E-state index is 0.0268. The van der Waals surface area contributed by atoms with Crippen LogP contribution in [0.3, 0.4) is 0 Å². The number of amides is 1. The van der Waals surface area contributed by atoms with Gasteiger partial charge >= 0.3 is 6.09 Å². The number of rotatable bonds is 2. The van der Waals surface area contributed by atoms with Crippen molar-refractivity contribution < 1.29 is 13.9 Å². The van der Waals surface area contributed by atoms with Gasteiger partial charge in [0.05, 0.1) is 0 Å².